The standard InChI is InChI=1S/C34H46O10/c1-20(35)42-29-28(21-10-11-26(38)41-19-21)32(3)16-13-23-24(34(32)30(29)44-34)14-17-33(40)18-22(12-15-31(23,33)2)43-27(39)9-7-5-4-6-8-25(36)37/h10-11,19,22-24,28-30,40H,4-9,12-18H2,1-3H3,(H,36,37)/t22-,23-,24+,28-,29+,30+,31+,32+,33-,34+/m0/s1. The molecule has 10 atom stereocenters. The highest BCUT2D eigenvalue weighted by Crippen LogP contribution is 2.78. The Hall–Kier alpha value is -2.72. The van der Waals surface area contributed by atoms with E-state index in [1.807, 2.05) is 0 Å². The van der Waals surface area contributed by atoms with Crippen molar-refractivity contribution in [3.63, 3.8) is 0 Å². The van der Waals surface area contributed by atoms with Crippen LogP contribution >= 0.6 is 0 Å². The summed E-state index contributed by atoms with van der Waals surface area (Å²) in [6.45, 7) is 5.85. The summed E-state index contributed by atoms with van der Waals surface area (Å²) >= 11 is 0. The van der Waals surface area contributed by atoms with Gasteiger partial charge in [0, 0.05) is 43.6 Å². The van der Waals surface area contributed by atoms with Crippen molar-refractivity contribution < 1.29 is 43.2 Å². The molecule has 6 rings (SSSR count). The molecule has 5 fully saturated rings. The number of unbranched alkanes of at least 4 members (excludes halogenated alkanes) is 3. The largest absolute Gasteiger partial charge is 0.481 e. The fourth-order valence-corrected chi connectivity index (χ4v) is 10.3. The molecule has 0 radical (unpaired) electrons. The first-order chi connectivity index (χ1) is 20.8. The van der Waals surface area contributed by atoms with Crippen molar-refractivity contribution >= 4 is 17.9 Å². The van der Waals surface area contributed by atoms with Gasteiger partial charge in [-0.2, -0.15) is 0 Å². The second kappa shape index (κ2) is 11.3. The molecule has 5 aliphatic rings. The zero-order valence-corrected chi connectivity index (χ0v) is 26.0. The maximum absolute atomic E-state index is 12.6. The minimum atomic E-state index is -0.959. The SMILES string of the molecule is CC(=O)O[C@H]1[C@H]2O[C@]23[C@@H]2CC[C@]4(O)C[C@@H](OC(=O)CCCCCCC(=O)O)CC[C@]4(C)[C@H]2CC[C@]3(C)[C@H]1c1ccc(=O)oc1. The lowest BCUT2D eigenvalue weighted by Gasteiger charge is -2.64. The molecule has 10 nitrogen and oxygen atoms in total. The molecule has 2 N–H and O–H groups in total. The van der Waals surface area contributed by atoms with E-state index in [4.69, 9.17) is 23.7 Å². The first kappa shape index (κ1) is 31.3. The van der Waals surface area contributed by atoms with E-state index in [-0.39, 0.29) is 59.2 Å². The van der Waals surface area contributed by atoms with E-state index < -0.39 is 28.9 Å². The highest BCUT2D eigenvalue weighted by atomic mass is 16.7. The number of carbonyl (C=O) groups is 3. The van der Waals surface area contributed by atoms with Crippen LogP contribution in [0.2, 0.25) is 0 Å². The van der Waals surface area contributed by atoms with E-state index >= 15 is 0 Å². The average Bonchev–Trinajstić information content (AvgIpc) is 3.66. The summed E-state index contributed by atoms with van der Waals surface area (Å²) < 4.78 is 23.7. The van der Waals surface area contributed by atoms with Crippen molar-refractivity contribution in [2.45, 2.75) is 140 Å². The Kier molecular flexibility index (Phi) is 8.01. The molecule has 0 bridgehead atoms. The van der Waals surface area contributed by atoms with Crippen molar-refractivity contribution in [3.05, 3.63) is 34.4 Å². The highest BCUT2D eigenvalue weighted by Gasteiger charge is 2.85. The molecule has 1 aliphatic heterocycles. The molecule has 0 unspecified atom stereocenters. The number of carbonyl (C=O) groups excluding carboxylic acids is 2. The van der Waals surface area contributed by atoms with Crippen LogP contribution in [0.4, 0.5) is 0 Å². The smallest absolute Gasteiger partial charge is 0.335 e. The number of fused-ring (bicyclic) bond motifs is 3. The van der Waals surface area contributed by atoms with Gasteiger partial charge in [-0.25, -0.2) is 4.79 Å². The summed E-state index contributed by atoms with van der Waals surface area (Å²) in [5.74, 6) is -1.20. The normalized spacial score (nSPS) is 41.8. The van der Waals surface area contributed by atoms with Crippen LogP contribution in [0, 0.1) is 22.7 Å². The Bertz CT molecular complexity index is 1340. The van der Waals surface area contributed by atoms with Crippen molar-refractivity contribution in [1.82, 2.24) is 0 Å². The predicted molar refractivity (Wildman–Crippen MR) is 157 cm³/mol. The number of carboxylic acids is 1. The predicted octanol–water partition coefficient (Wildman–Crippen LogP) is 4.89. The molecular formula is C34H46O10. The zero-order valence-electron chi connectivity index (χ0n) is 26.0. The number of aliphatic hydroxyl groups is 1. The van der Waals surface area contributed by atoms with Gasteiger partial charge in [0.15, 0.2) is 0 Å². The molecular weight excluding hydrogens is 568 g/mol. The quantitative estimate of drug-likeness (QED) is 0.212. The Labute approximate surface area is 257 Å². The molecule has 0 amide bonds. The van der Waals surface area contributed by atoms with Crippen LogP contribution in [0.5, 0.6) is 0 Å². The number of hydrogen-bond donors (Lipinski definition) is 2. The fourth-order valence-electron chi connectivity index (χ4n) is 10.3. The molecule has 1 saturated heterocycles. The molecule has 0 aromatic carbocycles. The number of rotatable bonds is 10. The van der Waals surface area contributed by atoms with Gasteiger partial charge < -0.3 is 28.8 Å². The maximum Gasteiger partial charge on any atom is 0.335 e. The van der Waals surface area contributed by atoms with Crippen LogP contribution in [-0.4, -0.2) is 57.6 Å². The molecule has 242 valence electrons. The Morgan fingerprint density at radius 1 is 0.932 bits per heavy atom. The molecule has 10 heteroatoms. The van der Waals surface area contributed by atoms with Gasteiger partial charge in [0.25, 0.3) is 0 Å². The zero-order chi connectivity index (χ0) is 31.5. The van der Waals surface area contributed by atoms with Gasteiger partial charge in [0.1, 0.15) is 23.9 Å². The summed E-state index contributed by atoms with van der Waals surface area (Å²) in [6, 6.07) is 3.20. The molecule has 1 aromatic rings. The topological polar surface area (TPSA) is 153 Å². The maximum atomic E-state index is 12.6. The van der Waals surface area contributed by atoms with Crippen LogP contribution in [-0.2, 0) is 28.6 Å². The summed E-state index contributed by atoms with van der Waals surface area (Å²) in [4.78, 5) is 47.3. The second-order valence-corrected chi connectivity index (χ2v) is 14.6. The monoisotopic (exact) mass is 614 g/mol. The van der Waals surface area contributed by atoms with Crippen LogP contribution < -0.4 is 5.63 Å². The number of ether oxygens (including phenoxy) is 3. The lowest BCUT2D eigenvalue weighted by Crippen LogP contribution is -2.65. The molecule has 1 aromatic heterocycles. The van der Waals surface area contributed by atoms with Crippen LogP contribution in [0.1, 0.15) is 116 Å². The number of carboxylic acid groups (broad SMARTS) is 1. The molecule has 44 heavy (non-hydrogen) atoms. The first-order valence-electron chi connectivity index (χ1n) is 16.4. The molecule has 4 aliphatic carbocycles. The Morgan fingerprint density at radius 3 is 2.32 bits per heavy atom. The van der Waals surface area contributed by atoms with Gasteiger partial charge in [-0.05, 0) is 80.2 Å². The summed E-state index contributed by atoms with van der Waals surface area (Å²) in [5, 5.41) is 21.0. The third-order valence-corrected chi connectivity index (χ3v) is 12.4. The first-order valence-corrected chi connectivity index (χ1v) is 16.4. The summed E-state index contributed by atoms with van der Waals surface area (Å²) in [5.41, 5.74) is -1.74. The van der Waals surface area contributed by atoms with Crippen LogP contribution in [0.25, 0.3) is 0 Å². The van der Waals surface area contributed by atoms with Crippen molar-refractivity contribution in [2.24, 2.45) is 22.7 Å². The third kappa shape index (κ3) is 4.91. The molecule has 1 spiro atoms. The van der Waals surface area contributed by atoms with Crippen molar-refractivity contribution in [3.8, 4) is 0 Å². The number of esters is 2. The third-order valence-electron chi connectivity index (χ3n) is 12.4. The Balaban J connectivity index is 1.15. The Morgan fingerprint density at radius 2 is 1.64 bits per heavy atom. The van der Waals surface area contributed by atoms with E-state index in [2.05, 4.69) is 13.8 Å². The number of aliphatic carboxylic acids is 1. The second-order valence-electron chi connectivity index (χ2n) is 14.6. The molecule has 4 saturated carbocycles. The van der Waals surface area contributed by atoms with E-state index in [9.17, 15) is 24.3 Å². The minimum absolute atomic E-state index is 0.152. The summed E-state index contributed by atoms with van der Waals surface area (Å²) in [6.07, 6.45) is 8.69. The van der Waals surface area contributed by atoms with E-state index in [0.717, 1.165) is 44.1 Å². The van der Waals surface area contributed by atoms with Gasteiger partial charge >= 0.3 is 23.5 Å². The van der Waals surface area contributed by atoms with Gasteiger partial charge in [-0.3, -0.25) is 14.4 Å². The van der Waals surface area contributed by atoms with Crippen LogP contribution in [0.3, 0.4) is 0 Å². The minimum Gasteiger partial charge on any atom is -0.481 e. The number of hydrogen-bond acceptors (Lipinski definition) is 9. The highest BCUT2D eigenvalue weighted by molar-refractivity contribution is 5.69. The van der Waals surface area contributed by atoms with Gasteiger partial charge in [-0.15, -0.1) is 0 Å². The molecule has 2 heterocycles. The van der Waals surface area contributed by atoms with Gasteiger partial charge in [-0.1, -0.05) is 26.7 Å². The van der Waals surface area contributed by atoms with E-state index in [1.165, 1.54) is 19.3 Å². The fraction of sp³-hybridized carbons (Fsp3) is 0.765. The van der Waals surface area contributed by atoms with E-state index in [1.54, 1.807) is 6.07 Å². The lowest BCUT2D eigenvalue weighted by molar-refractivity contribution is -0.228. The summed E-state index contributed by atoms with van der Waals surface area (Å²) in [7, 11) is 0. The van der Waals surface area contributed by atoms with Crippen LogP contribution in [0.15, 0.2) is 27.6 Å². The van der Waals surface area contributed by atoms with E-state index in [0.29, 0.717) is 38.5 Å². The van der Waals surface area contributed by atoms with Gasteiger partial charge in [0.05, 0.1) is 11.9 Å². The number of epoxide rings is 1. The van der Waals surface area contributed by atoms with Crippen molar-refractivity contribution in [1.29, 1.82) is 0 Å². The average molecular weight is 615 g/mol. The van der Waals surface area contributed by atoms with Gasteiger partial charge in [0.2, 0.25) is 0 Å². The lowest BCUT2D eigenvalue weighted by atomic mass is 9.42. The van der Waals surface area contributed by atoms with Crippen molar-refractivity contribution in [2.75, 3.05) is 0 Å².